The highest BCUT2D eigenvalue weighted by molar-refractivity contribution is 7.21. The Kier molecular flexibility index (Phi) is 4.03. The first-order valence-electron chi connectivity index (χ1n) is 8.77. The van der Waals surface area contributed by atoms with Gasteiger partial charge in [0.15, 0.2) is 17.9 Å². The lowest BCUT2D eigenvalue weighted by atomic mass is 10.1. The van der Waals surface area contributed by atoms with Crippen LogP contribution in [0.15, 0.2) is 42.6 Å². The molecule has 6 nitrogen and oxygen atoms in total. The van der Waals surface area contributed by atoms with E-state index < -0.39 is 0 Å². The van der Waals surface area contributed by atoms with E-state index in [1.807, 2.05) is 36.4 Å². The van der Waals surface area contributed by atoms with Gasteiger partial charge in [0.05, 0.1) is 33.8 Å². The summed E-state index contributed by atoms with van der Waals surface area (Å²) in [6.07, 6.45) is 2.65. The molecule has 0 saturated carbocycles. The summed E-state index contributed by atoms with van der Waals surface area (Å²) in [6.45, 7) is 2.89. The molecule has 0 radical (unpaired) electrons. The average molecular weight is 376 g/mol. The fourth-order valence-corrected chi connectivity index (χ4v) is 4.33. The number of hydrogen-bond acceptors (Lipinski definition) is 7. The molecule has 1 fully saturated rings. The normalized spacial score (nSPS) is 14.7. The van der Waals surface area contributed by atoms with E-state index in [9.17, 15) is 4.79 Å². The molecule has 4 heterocycles. The minimum atomic E-state index is 0.651. The lowest BCUT2D eigenvalue weighted by Gasteiger charge is -2.28. The first kappa shape index (κ1) is 16.3. The quantitative estimate of drug-likeness (QED) is 0.509. The molecule has 1 saturated heterocycles. The summed E-state index contributed by atoms with van der Waals surface area (Å²) >= 11 is 1.44. The van der Waals surface area contributed by atoms with Crippen LogP contribution in [0.4, 0.5) is 5.82 Å². The van der Waals surface area contributed by atoms with Crippen molar-refractivity contribution in [3.8, 4) is 11.4 Å². The number of anilines is 1. The highest BCUT2D eigenvalue weighted by Crippen LogP contribution is 2.35. The maximum absolute atomic E-state index is 11.3. The maximum Gasteiger partial charge on any atom is 0.162 e. The molecule has 0 N–H and O–H groups in total. The van der Waals surface area contributed by atoms with Crippen LogP contribution in [0.2, 0.25) is 0 Å². The van der Waals surface area contributed by atoms with Gasteiger partial charge in [-0.2, -0.15) is 0 Å². The predicted octanol–water partition coefficient (Wildman–Crippen LogP) is 3.56. The van der Waals surface area contributed by atoms with Crippen molar-refractivity contribution in [2.75, 3.05) is 31.2 Å². The number of carbonyl (C=O) groups is 1. The van der Waals surface area contributed by atoms with E-state index in [4.69, 9.17) is 14.7 Å². The van der Waals surface area contributed by atoms with E-state index >= 15 is 0 Å². The van der Waals surface area contributed by atoms with E-state index in [1.165, 1.54) is 11.3 Å². The largest absolute Gasteiger partial charge is 0.378 e. The van der Waals surface area contributed by atoms with Crippen molar-refractivity contribution < 1.29 is 9.53 Å². The van der Waals surface area contributed by atoms with Gasteiger partial charge in [-0.1, -0.05) is 18.2 Å². The molecule has 134 valence electrons. The number of morpholine rings is 1. The van der Waals surface area contributed by atoms with Gasteiger partial charge in [-0.05, 0) is 18.2 Å². The summed E-state index contributed by atoms with van der Waals surface area (Å²) in [4.78, 5) is 28.3. The maximum atomic E-state index is 11.3. The molecule has 0 atom stereocenters. The van der Waals surface area contributed by atoms with Crippen molar-refractivity contribution in [1.29, 1.82) is 0 Å². The minimum Gasteiger partial charge on any atom is -0.378 e. The van der Waals surface area contributed by atoms with Crippen molar-refractivity contribution in [2.24, 2.45) is 0 Å². The van der Waals surface area contributed by atoms with Crippen LogP contribution in [-0.2, 0) is 4.74 Å². The number of nitrogens with zero attached hydrogens (tertiary/aromatic N) is 4. The van der Waals surface area contributed by atoms with Crippen LogP contribution >= 0.6 is 11.3 Å². The second-order valence-electron chi connectivity index (χ2n) is 6.33. The van der Waals surface area contributed by atoms with Crippen LogP contribution in [0, 0.1) is 0 Å². The summed E-state index contributed by atoms with van der Waals surface area (Å²) in [5, 5.41) is 1.01. The average Bonchev–Trinajstić information content (AvgIpc) is 3.16. The molecule has 3 aromatic heterocycles. The zero-order valence-corrected chi connectivity index (χ0v) is 15.3. The SMILES string of the molecule is O=Cc1cc2nc(-c3cccc4ncccc34)nc(N3CCOCC3)c2s1. The molecule has 1 aromatic carbocycles. The van der Waals surface area contributed by atoms with Crippen LogP contribution < -0.4 is 4.90 Å². The first-order valence-corrected chi connectivity index (χ1v) is 9.59. The molecule has 5 rings (SSSR count). The molecule has 0 bridgehead atoms. The van der Waals surface area contributed by atoms with Gasteiger partial charge in [-0.25, -0.2) is 9.97 Å². The molecule has 0 aliphatic carbocycles. The number of pyridine rings is 1. The molecule has 1 aliphatic rings. The third kappa shape index (κ3) is 2.85. The number of thiophene rings is 1. The topological polar surface area (TPSA) is 68.2 Å². The minimum absolute atomic E-state index is 0.651. The number of carbonyl (C=O) groups excluding carboxylic acids is 1. The Morgan fingerprint density at radius 2 is 1.96 bits per heavy atom. The monoisotopic (exact) mass is 376 g/mol. The molecule has 0 spiro atoms. The summed E-state index contributed by atoms with van der Waals surface area (Å²) in [7, 11) is 0. The number of hydrogen-bond donors (Lipinski definition) is 0. The molecule has 7 heteroatoms. The first-order chi connectivity index (χ1) is 13.3. The smallest absolute Gasteiger partial charge is 0.162 e. The van der Waals surface area contributed by atoms with Crippen LogP contribution in [0.1, 0.15) is 9.67 Å². The van der Waals surface area contributed by atoms with E-state index in [2.05, 4.69) is 9.88 Å². The molecular formula is C20H16N4O2S. The van der Waals surface area contributed by atoms with E-state index in [0.29, 0.717) is 23.9 Å². The number of aldehydes is 1. The van der Waals surface area contributed by atoms with Gasteiger partial charge in [-0.15, -0.1) is 11.3 Å². The van der Waals surface area contributed by atoms with Crippen molar-refractivity contribution in [3.63, 3.8) is 0 Å². The number of aromatic nitrogens is 3. The number of benzene rings is 1. The van der Waals surface area contributed by atoms with Crippen molar-refractivity contribution in [1.82, 2.24) is 15.0 Å². The Bertz CT molecular complexity index is 1150. The molecular weight excluding hydrogens is 360 g/mol. The molecule has 1 aliphatic heterocycles. The Morgan fingerprint density at radius 3 is 2.81 bits per heavy atom. The third-order valence-electron chi connectivity index (χ3n) is 4.69. The standard InChI is InChI=1S/C20H16N4O2S/c25-12-13-11-17-18(27-13)20(24-7-9-26-10-8-24)23-19(22-17)15-3-1-5-16-14(15)4-2-6-21-16/h1-6,11-12H,7-10H2. The molecule has 4 aromatic rings. The van der Waals surface area contributed by atoms with Crippen LogP contribution in [-0.4, -0.2) is 47.5 Å². The summed E-state index contributed by atoms with van der Waals surface area (Å²) in [5.41, 5.74) is 2.65. The second kappa shape index (κ2) is 6.68. The fraction of sp³-hybridized carbons (Fsp3) is 0.200. The highest BCUT2D eigenvalue weighted by atomic mass is 32.1. The zero-order chi connectivity index (χ0) is 18.2. The zero-order valence-electron chi connectivity index (χ0n) is 14.5. The highest BCUT2D eigenvalue weighted by Gasteiger charge is 2.20. The van der Waals surface area contributed by atoms with Gasteiger partial charge in [0, 0.05) is 30.2 Å². The van der Waals surface area contributed by atoms with Crippen molar-refractivity contribution in [2.45, 2.75) is 0 Å². The second-order valence-corrected chi connectivity index (χ2v) is 7.41. The van der Waals surface area contributed by atoms with E-state index in [-0.39, 0.29) is 0 Å². The van der Waals surface area contributed by atoms with E-state index in [0.717, 1.165) is 51.9 Å². The van der Waals surface area contributed by atoms with Gasteiger partial charge in [0.25, 0.3) is 0 Å². The molecule has 27 heavy (non-hydrogen) atoms. The van der Waals surface area contributed by atoms with E-state index in [1.54, 1.807) is 6.20 Å². The van der Waals surface area contributed by atoms with Gasteiger partial charge in [0.2, 0.25) is 0 Å². The Morgan fingerprint density at radius 1 is 1.07 bits per heavy atom. The fourth-order valence-electron chi connectivity index (χ4n) is 3.40. The van der Waals surface area contributed by atoms with Crippen LogP contribution in [0.3, 0.4) is 0 Å². The predicted molar refractivity (Wildman–Crippen MR) is 107 cm³/mol. The number of rotatable bonds is 3. The van der Waals surface area contributed by atoms with Gasteiger partial charge in [0.1, 0.15) is 0 Å². The summed E-state index contributed by atoms with van der Waals surface area (Å²) < 4.78 is 6.43. The number of fused-ring (bicyclic) bond motifs is 2. The lowest BCUT2D eigenvalue weighted by Crippen LogP contribution is -2.36. The third-order valence-corrected chi connectivity index (χ3v) is 5.73. The number of ether oxygens (including phenoxy) is 1. The Labute approximate surface area is 159 Å². The van der Waals surface area contributed by atoms with Gasteiger partial charge >= 0.3 is 0 Å². The Hall–Kier alpha value is -2.90. The molecule has 0 amide bonds. The Balaban J connectivity index is 1.76. The van der Waals surface area contributed by atoms with Crippen molar-refractivity contribution >= 4 is 44.6 Å². The summed E-state index contributed by atoms with van der Waals surface area (Å²) in [6, 6.07) is 11.8. The molecule has 0 unspecified atom stereocenters. The van der Waals surface area contributed by atoms with Crippen molar-refractivity contribution in [3.05, 3.63) is 47.5 Å². The van der Waals surface area contributed by atoms with Crippen LogP contribution in [0.25, 0.3) is 32.5 Å². The summed E-state index contributed by atoms with van der Waals surface area (Å²) in [5.74, 6) is 1.52. The van der Waals surface area contributed by atoms with Crippen LogP contribution in [0.5, 0.6) is 0 Å². The van der Waals surface area contributed by atoms with Gasteiger partial charge < -0.3 is 9.64 Å². The lowest BCUT2D eigenvalue weighted by molar-refractivity contribution is 0.112. The van der Waals surface area contributed by atoms with Gasteiger partial charge in [-0.3, -0.25) is 9.78 Å².